The van der Waals surface area contributed by atoms with Crippen molar-refractivity contribution in [1.82, 2.24) is 9.88 Å². The first-order valence-corrected chi connectivity index (χ1v) is 11.1. The summed E-state index contributed by atoms with van der Waals surface area (Å²) < 4.78 is 31.5. The van der Waals surface area contributed by atoms with Crippen LogP contribution in [0.25, 0.3) is 10.9 Å². The van der Waals surface area contributed by atoms with Gasteiger partial charge in [0.05, 0.1) is 47.8 Å². The Labute approximate surface area is 201 Å². The van der Waals surface area contributed by atoms with E-state index in [0.717, 1.165) is 25.2 Å². The molecule has 1 atom stereocenters. The number of phenols is 1. The number of benzene rings is 2. The summed E-state index contributed by atoms with van der Waals surface area (Å²) in [5.74, 6) is -0.0135. The number of phenolic OH excluding ortho intramolecular Hbond substituents is 1. The van der Waals surface area contributed by atoms with Crippen molar-refractivity contribution in [3.63, 3.8) is 0 Å². The fraction of sp³-hybridized carbons (Fsp3) is 0.333. The molecule has 1 fully saturated rings. The monoisotopic (exact) mass is 486 g/mol. The second-order valence-corrected chi connectivity index (χ2v) is 8.30. The molecule has 34 heavy (non-hydrogen) atoms. The van der Waals surface area contributed by atoms with E-state index < -0.39 is 5.82 Å². The summed E-state index contributed by atoms with van der Waals surface area (Å²) in [6.45, 7) is 5.65. The lowest BCUT2D eigenvalue weighted by Crippen LogP contribution is -2.44. The van der Waals surface area contributed by atoms with E-state index in [1.165, 1.54) is 13.3 Å². The molecule has 0 bridgehead atoms. The van der Waals surface area contributed by atoms with E-state index in [4.69, 9.17) is 25.8 Å². The smallest absolute Gasteiger partial charge is 0.163 e. The van der Waals surface area contributed by atoms with Gasteiger partial charge in [0, 0.05) is 42.8 Å². The van der Waals surface area contributed by atoms with Crippen molar-refractivity contribution in [2.24, 2.45) is 0 Å². The molecule has 178 valence electrons. The minimum atomic E-state index is -0.680. The number of methoxy groups -OCH3 is 1. The minimum Gasteiger partial charge on any atom is -0.506 e. The number of hydrogen-bond donors (Lipinski definition) is 2. The predicted molar refractivity (Wildman–Crippen MR) is 127 cm³/mol. The van der Waals surface area contributed by atoms with Gasteiger partial charge in [-0.15, -0.1) is 0 Å². The van der Waals surface area contributed by atoms with E-state index in [0.29, 0.717) is 47.9 Å². The highest BCUT2D eigenvalue weighted by Gasteiger charge is 2.20. The number of aromatic nitrogens is 1. The van der Waals surface area contributed by atoms with Crippen LogP contribution in [0, 0.1) is 17.1 Å². The van der Waals surface area contributed by atoms with Crippen LogP contribution in [0.2, 0.25) is 5.02 Å². The van der Waals surface area contributed by atoms with Crippen LogP contribution in [0.3, 0.4) is 0 Å². The van der Waals surface area contributed by atoms with Crippen molar-refractivity contribution in [3.05, 3.63) is 46.9 Å². The van der Waals surface area contributed by atoms with Crippen LogP contribution in [-0.4, -0.2) is 61.1 Å². The Morgan fingerprint density at radius 2 is 2.06 bits per heavy atom. The average Bonchev–Trinajstić information content (AvgIpc) is 2.85. The molecular formula is C24H24ClFN4O4. The molecule has 8 nitrogen and oxygen atoms in total. The fourth-order valence-electron chi connectivity index (χ4n) is 3.79. The van der Waals surface area contributed by atoms with Crippen LogP contribution < -0.4 is 14.8 Å². The van der Waals surface area contributed by atoms with Gasteiger partial charge in [-0.05, 0) is 19.1 Å². The lowest BCUT2D eigenvalue weighted by molar-refractivity contribution is 0.0103. The van der Waals surface area contributed by atoms with Gasteiger partial charge >= 0.3 is 0 Å². The molecule has 1 aliphatic heterocycles. The maximum Gasteiger partial charge on any atom is 0.163 e. The quantitative estimate of drug-likeness (QED) is 0.505. The maximum atomic E-state index is 14.5. The molecule has 0 saturated carbocycles. The highest BCUT2D eigenvalue weighted by molar-refractivity contribution is 6.32. The number of ether oxygens (including phenoxy) is 3. The normalized spacial score (nSPS) is 15.0. The summed E-state index contributed by atoms with van der Waals surface area (Å²) in [6.07, 6.45) is 1.39. The third-order valence-corrected chi connectivity index (χ3v) is 6.02. The Morgan fingerprint density at radius 1 is 1.29 bits per heavy atom. The number of nitrogens with zero attached hydrogens (tertiary/aromatic N) is 3. The Hall–Kier alpha value is -3.32. The summed E-state index contributed by atoms with van der Waals surface area (Å²) in [7, 11) is 1.52. The van der Waals surface area contributed by atoms with Crippen LogP contribution in [0.5, 0.6) is 17.2 Å². The van der Waals surface area contributed by atoms with Crippen molar-refractivity contribution >= 4 is 33.9 Å². The lowest BCUT2D eigenvalue weighted by Gasteiger charge is -2.32. The average molecular weight is 487 g/mol. The van der Waals surface area contributed by atoms with Crippen molar-refractivity contribution in [1.29, 1.82) is 5.26 Å². The lowest BCUT2D eigenvalue weighted by atomic mass is 10.1. The van der Waals surface area contributed by atoms with Gasteiger partial charge in [-0.2, -0.15) is 5.26 Å². The van der Waals surface area contributed by atoms with Crippen molar-refractivity contribution in [3.8, 4) is 23.3 Å². The summed E-state index contributed by atoms with van der Waals surface area (Å²) in [6, 6.07) is 7.80. The number of morpholine rings is 1. The first-order chi connectivity index (χ1) is 16.4. The highest BCUT2D eigenvalue weighted by atomic mass is 35.5. The molecule has 1 saturated heterocycles. The second kappa shape index (κ2) is 10.3. The van der Waals surface area contributed by atoms with Crippen molar-refractivity contribution < 1.29 is 23.7 Å². The Bertz CT molecular complexity index is 1240. The molecule has 0 radical (unpaired) electrons. The summed E-state index contributed by atoms with van der Waals surface area (Å²) in [5, 5.41) is 22.8. The first kappa shape index (κ1) is 23.8. The highest BCUT2D eigenvalue weighted by Crippen LogP contribution is 2.38. The summed E-state index contributed by atoms with van der Waals surface area (Å²) in [4.78, 5) is 6.67. The maximum absolute atomic E-state index is 14.5. The fourth-order valence-corrected chi connectivity index (χ4v) is 3.94. The van der Waals surface area contributed by atoms with Crippen LogP contribution in [0.4, 0.5) is 15.8 Å². The van der Waals surface area contributed by atoms with Crippen molar-refractivity contribution in [2.75, 3.05) is 45.3 Å². The van der Waals surface area contributed by atoms with E-state index in [2.05, 4.69) is 28.2 Å². The van der Waals surface area contributed by atoms with Gasteiger partial charge in [0.15, 0.2) is 11.5 Å². The third kappa shape index (κ3) is 4.94. The first-order valence-electron chi connectivity index (χ1n) is 10.7. The number of aromatic hydroxyl groups is 1. The molecule has 3 aromatic rings. The van der Waals surface area contributed by atoms with Gasteiger partial charge in [0.1, 0.15) is 24.2 Å². The number of rotatable bonds is 7. The van der Waals surface area contributed by atoms with E-state index in [9.17, 15) is 14.8 Å². The largest absolute Gasteiger partial charge is 0.506 e. The zero-order valence-corrected chi connectivity index (χ0v) is 19.5. The van der Waals surface area contributed by atoms with Crippen LogP contribution in [0.15, 0.2) is 30.5 Å². The molecule has 2 heterocycles. The molecule has 4 rings (SSSR count). The number of halogens is 2. The zero-order valence-electron chi connectivity index (χ0n) is 18.8. The standard InChI is InChI=1S/C24H24ClFN4O4/c1-14(30-3-5-33-6-4-30)13-34-23-10-19-16(7-22(23)32-2)24(15(11-27)12-28-19)29-20-9-21(31)17(25)8-18(20)26/h7-10,12,14,31H,3-6,13H2,1-2H3,(H,28,29). The second-order valence-electron chi connectivity index (χ2n) is 7.90. The van der Waals surface area contributed by atoms with Crippen LogP contribution >= 0.6 is 11.6 Å². The number of hydrogen-bond acceptors (Lipinski definition) is 8. The molecule has 0 aliphatic carbocycles. The number of nitrogens with one attached hydrogen (secondary N) is 1. The van der Waals surface area contributed by atoms with E-state index in [-0.39, 0.29) is 28.1 Å². The molecule has 1 aliphatic rings. The van der Waals surface area contributed by atoms with Crippen LogP contribution in [0.1, 0.15) is 12.5 Å². The minimum absolute atomic E-state index is 0.0375. The predicted octanol–water partition coefficient (Wildman–Crippen LogP) is 4.46. The van der Waals surface area contributed by atoms with Gasteiger partial charge < -0.3 is 24.6 Å². The van der Waals surface area contributed by atoms with Gasteiger partial charge in [-0.1, -0.05) is 11.6 Å². The molecule has 1 unspecified atom stereocenters. The Balaban J connectivity index is 1.67. The SMILES string of the molecule is COc1cc2c(Nc3cc(O)c(Cl)cc3F)c(C#N)cnc2cc1OCC(C)N1CCOCC1. The van der Waals surface area contributed by atoms with E-state index in [1.807, 2.05) is 0 Å². The Kier molecular flexibility index (Phi) is 7.22. The van der Waals surface area contributed by atoms with Gasteiger partial charge in [0.25, 0.3) is 0 Å². The molecule has 2 N–H and O–H groups in total. The van der Waals surface area contributed by atoms with Crippen LogP contribution in [-0.2, 0) is 4.74 Å². The number of nitriles is 1. The number of fused-ring (bicyclic) bond motifs is 1. The van der Waals surface area contributed by atoms with Gasteiger partial charge in [-0.3, -0.25) is 9.88 Å². The zero-order chi connectivity index (χ0) is 24.2. The van der Waals surface area contributed by atoms with E-state index >= 15 is 0 Å². The Morgan fingerprint density at radius 3 is 2.76 bits per heavy atom. The third-order valence-electron chi connectivity index (χ3n) is 5.72. The topological polar surface area (TPSA) is 99.9 Å². The molecule has 0 spiro atoms. The van der Waals surface area contributed by atoms with Crippen molar-refractivity contribution in [2.45, 2.75) is 13.0 Å². The molecule has 1 aromatic heterocycles. The molecule has 2 aromatic carbocycles. The molecular weight excluding hydrogens is 463 g/mol. The number of pyridine rings is 1. The number of anilines is 2. The molecule has 10 heteroatoms. The summed E-state index contributed by atoms with van der Waals surface area (Å²) >= 11 is 5.78. The molecule has 0 amide bonds. The van der Waals surface area contributed by atoms with Gasteiger partial charge in [-0.25, -0.2) is 4.39 Å². The van der Waals surface area contributed by atoms with E-state index in [1.54, 1.807) is 12.1 Å². The summed E-state index contributed by atoms with van der Waals surface area (Å²) in [5.41, 5.74) is 0.997. The van der Waals surface area contributed by atoms with Gasteiger partial charge in [0.2, 0.25) is 0 Å².